The van der Waals surface area contributed by atoms with Crippen molar-refractivity contribution in [3.63, 3.8) is 0 Å². The molecule has 6 nitrogen and oxygen atoms in total. The minimum Gasteiger partial charge on any atom is -0.493 e. The Bertz CT molecular complexity index is 762. The summed E-state index contributed by atoms with van der Waals surface area (Å²) in [5.41, 5.74) is 1.78. The number of pyridine rings is 1. The number of rotatable bonds is 5. The van der Waals surface area contributed by atoms with E-state index in [1.54, 1.807) is 32.7 Å². The molecule has 0 spiro atoms. The lowest BCUT2D eigenvalue weighted by atomic mass is 10.1. The maximum absolute atomic E-state index is 12.5. The number of carbonyl (C=O) groups is 1. The molecule has 1 amide bonds. The third-order valence-corrected chi connectivity index (χ3v) is 5.25. The van der Waals surface area contributed by atoms with Crippen LogP contribution in [0, 0.1) is 0 Å². The summed E-state index contributed by atoms with van der Waals surface area (Å²) in [6.07, 6.45) is 3.30. The molecule has 1 aromatic heterocycles. The van der Waals surface area contributed by atoms with Crippen molar-refractivity contribution in [2.45, 2.75) is 6.54 Å². The molecule has 0 bridgehead atoms. The third-order valence-electron chi connectivity index (χ3n) is 4.51. The summed E-state index contributed by atoms with van der Waals surface area (Å²) in [4.78, 5) is 20.7. The van der Waals surface area contributed by atoms with Crippen LogP contribution in [0.5, 0.6) is 11.5 Å². The van der Waals surface area contributed by atoms with Gasteiger partial charge in [0.05, 0.1) is 19.8 Å². The van der Waals surface area contributed by atoms with Crippen LogP contribution in [-0.2, 0) is 6.54 Å². The summed E-state index contributed by atoms with van der Waals surface area (Å²) in [7, 11) is 3.26. The zero-order valence-electron chi connectivity index (χ0n) is 14.9. The number of hydrogen-bond acceptors (Lipinski definition) is 5. The van der Waals surface area contributed by atoms with Gasteiger partial charge in [-0.15, -0.1) is 0 Å². The molecule has 0 aliphatic carbocycles. The second-order valence-electron chi connectivity index (χ2n) is 6.11. The Kier molecular flexibility index (Phi) is 6.11. The number of amides is 1. The van der Waals surface area contributed by atoms with Gasteiger partial charge >= 0.3 is 0 Å². The molecule has 0 N–H and O–H groups in total. The third kappa shape index (κ3) is 4.16. The van der Waals surface area contributed by atoms with Crippen LogP contribution in [-0.4, -0.2) is 61.1 Å². The number of aromatic nitrogens is 1. The Hall–Kier alpha value is -2.12. The van der Waals surface area contributed by atoms with E-state index in [2.05, 4.69) is 25.8 Å². The quantitative estimate of drug-likeness (QED) is 0.745. The largest absolute Gasteiger partial charge is 0.493 e. The van der Waals surface area contributed by atoms with Gasteiger partial charge in [-0.1, -0.05) is 15.9 Å². The minimum absolute atomic E-state index is 0.0463. The molecule has 1 fully saturated rings. The molecule has 0 atom stereocenters. The van der Waals surface area contributed by atoms with E-state index < -0.39 is 0 Å². The highest BCUT2D eigenvalue weighted by atomic mass is 79.9. The van der Waals surface area contributed by atoms with Gasteiger partial charge in [-0.25, -0.2) is 0 Å². The van der Waals surface area contributed by atoms with Gasteiger partial charge in [-0.2, -0.15) is 0 Å². The van der Waals surface area contributed by atoms with Crippen molar-refractivity contribution < 1.29 is 14.3 Å². The predicted octanol–water partition coefficient (Wildman–Crippen LogP) is 2.82. The molecule has 1 aromatic carbocycles. The van der Waals surface area contributed by atoms with Gasteiger partial charge in [0.2, 0.25) is 0 Å². The fraction of sp³-hybridized carbons (Fsp3) is 0.368. The number of carbonyl (C=O) groups excluding carboxylic acids is 1. The van der Waals surface area contributed by atoms with Crippen LogP contribution in [0.3, 0.4) is 0 Å². The number of benzene rings is 1. The normalized spacial score (nSPS) is 15.0. The molecule has 2 heterocycles. The van der Waals surface area contributed by atoms with Crippen molar-refractivity contribution in [3.8, 4) is 11.5 Å². The van der Waals surface area contributed by atoms with Gasteiger partial charge in [0.25, 0.3) is 5.91 Å². The van der Waals surface area contributed by atoms with Crippen LogP contribution in [0.25, 0.3) is 0 Å². The zero-order valence-corrected chi connectivity index (χ0v) is 16.5. The first-order valence-electron chi connectivity index (χ1n) is 8.44. The van der Waals surface area contributed by atoms with Crippen molar-refractivity contribution in [1.82, 2.24) is 14.8 Å². The summed E-state index contributed by atoms with van der Waals surface area (Å²) in [6.45, 7) is 3.85. The Morgan fingerprint density at radius 1 is 1.15 bits per heavy atom. The van der Waals surface area contributed by atoms with Crippen LogP contribution in [0.2, 0.25) is 0 Å². The molecule has 2 aromatic rings. The molecule has 0 unspecified atom stereocenters. The van der Waals surface area contributed by atoms with Gasteiger partial charge in [0.1, 0.15) is 0 Å². The number of halogens is 1. The lowest BCUT2D eigenvalue weighted by molar-refractivity contribution is 0.0627. The number of methoxy groups -OCH3 is 2. The number of nitrogens with zero attached hydrogens (tertiary/aromatic N) is 3. The average Bonchev–Trinajstić information content (AvgIpc) is 2.69. The molecule has 0 saturated carbocycles. The van der Waals surface area contributed by atoms with E-state index in [9.17, 15) is 4.79 Å². The highest BCUT2D eigenvalue weighted by Gasteiger charge is 2.23. The Labute approximate surface area is 161 Å². The summed E-state index contributed by atoms with van der Waals surface area (Å²) in [5, 5.41) is 0. The van der Waals surface area contributed by atoms with Gasteiger partial charge in [-0.3, -0.25) is 14.7 Å². The van der Waals surface area contributed by atoms with Crippen LogP contribution in [0.4, 0.5) is 0 Å². The van der Waals surface area contributed by atoms with Gasteiger partial charge in [0, 0.05) is 49.6 Å². The van der Waals surface area contributed by atoms with E-state index in [-0.39, 0.29) is 5.91 Å². The SMILES string of the molecule is COc1cc(Br)c(CN2CCN(C(=O)c3cccnc3)CC2)cc1OC. The zero-order chi connectivity index (χ0) is 18.5. The second kappa shape index (κ2) is 8.51. The van der Waals surface area contributed by atoms with E-state index in [1.807, 2.05) is 23.1 Å². The molecular formula is C19H22BrN3O3. The van der Waals surface area contributed by atoms with Crippen molar-refractivity contribution in [2.75, 3.05) is 40.4 Å². The maximum atomic E-state index is 12.5. The lowest BCUT2D eigenvalue weighted by Crippen LogP contribution is -2.48. The summed E-state index contributed by atoms with van der Waals surface area (Å²) >= 11 is 3.61. The van der Waals surface area contributed by atoms with E-state index in [0.717, 1.165) is 35.4 Å². The van der Waals surface area contributed by atoms with Gasteiger partial charge in [-0.05, 0) is 29.8 Å². The fourth-order valence-corrected chi connectivity index (χ4v) is 3.49. The molecule has 1 saturated heterocycles. The standard InChI is InChI=1S/C19H22BrN3O3/c1-25-17-10-15(16(20)11-18(17)26-2)13-22-6-8-23(9-7-22)19(24)14-4-3-5-21-12-14/h3-5,10-12H,6-9,13H2,1-2H3. The maximum Gasteiger partial charge on any atom is 0.255 e. The summed E-state index contributed by atoms with van der Waals surface area (Å²) < 4.78 is 11.7. The first kappa shape index (κ1) is 18.7. The van der Waals surface area contributed by atoms with Crippen LogP contribution in [0.15, 0.2) is 41.1 Å². The van der Waals surface area contributed by atoms with Crippen molar-refractivity contribution in [1.29, 1.82) is 0 Å². The monoisotopic (exact) mass is 419 g/mol. The van der Waals surface area contributed by atoms with Crippen LogP contribution < -0.4 is 9.47 Å². The van der Waals surface area contributed by atoms with Crippen molar-refractivity contribution in [2.24, 2.45) is 0 Å². The van der Waals surface area contributed by atoms with Gasteiger partial charge < -0.3 is 14.4 Å². The second-order valence-corrected chi connectivity index (χ2v) is 6.96. The fourth-order valence-electron chi connectivity index (χ4n) is 3.04. The smallest absolute Gasteiger partial charge is 0.255 e. The highest BCUT2D eigenvalue weighted by molar-refractivity contribution is 9.10. The van der Waals surface area contributed by atoms with E-state index in [1.165, 1.54) is 0 Å². The Morgan fingerprint density at radius 2 is 1.85 bits per heavy atom. The molecule has 0 radical (unpaired) electrons. The molecule has 7 heteroatoms. The Balaban J connectivity index is 1.62. The van der Waals surface area contributed by atoms with E-state index >= 15 is 0 Å². The first-order valence-corrected chi connectivity index (χ1v) is 9.23. The summed E-state index contributed by atoms with van der Waals surface area (Å²) in [5.74, 6) is 1.47. The molecule has 1 aliphatic rings. The minimum atomic E-state index is 0.0463. The van der Waals surface area contributed by atoms with Crippen LogP contribution >= 0.6 is 15.9 Å². The summed E-state index contributed by atoms with van der Waals surface area (Å²) in [6, 6.07) is 7.52. The molecular weight excluding hydrogens is 398 g/mol. The van der Waals surface area contributed by atoms with E-state index in [4.69, 9.17) is 9.47 Å². The van der Waals surface area contributed by atoms with Crippen molar-refractivity contribution >= 4 is 21.8 Å². The molecule has 1 aliphatic heterocycles. The Morgan fingerprint density at radius 3 is 2.46 bits per heavy atom. The molecule has 3 rings (SSSR count). The predicted molar refractivity (Wildman–Crippen MR) is 103 cm³/mol. The number of piperazine rings is 1. The topological polar surface area (TPSA) is 54.9 Å². The van der Waals surface area contributed by atoms with Crippen molar-refractivity contribution in [3.05, 3.63) is 52.3 Å². The highest BCUT2D eigenvalue weighted by Crippen LogP contribution is 2.34. The van der Waals surface area contributed by atoms with Crippen LogP contribution in [0.1, 0.15) is 15.9 Å². The molecule has 138 valence electrons. The number of hydrogen-bond donors (Lipinski definition) is 0. The lowest BCUT2D eigenvalue weighted by Gasteiger charge is -2.35. The average molecular weight is 420 g/mol. The first-order chi connectivity index (χ1) is 12.6. The van der Waals surface area contributed by atoms with Gasteiger partial charge in [0.15, 0.2) is 11.5 Å². The molecule has 26 heavy (non-hydrogen) atoms. The van der Waals surface area contributed by atoms with E-state index in [0.29, 0.717) is 24.4 Å². The number of ether oxygens (including phenoxy) is 2.